The summed E-state index contributed by atoms with van der Waals surface area (Å²) >= 11 is 0. The number of amides is 1. The second-order valence-electron chi connectivity index (χ2n) is 3.92. The van der Waals surface area contributed by atoms with Crippen molar-refractivity contribution in [1.82, 2.24) is 4.90 Å². The third-order valence-electron chi connectivity index (χ3n) is 2.58. The monoisotopic (exact) mass is 259 g/mol. The van der Waals surface area contributed by atoms with Crippen molar-refractivity contribution < 1.29 is 29.0 Å². The van der Waals surface area contributed by atoms with Gasteiger partial charge in [-0.2, -0.15) is 0 Å². The molecule has 0 aromatic carbocycles. The van der Waals surface area contributed by atoms with Crippen LogP contribution in [0.15, 0.2) is 0 Å². The summed E-state index contributed by atoms with van der Waals surface area (Å²) in [5.41, 5.74) is 0. The molecule has 0 aromatic heterocycles. The van der Waals surface area contributed by atoms with E-state index in [2.05, 4.69) is 0 Å². The van der Waals surface area contributed by atoms with E-state index in [4.69, 9.17) is 9.47 Å². The quantitative estimate of drug-likeness (QED) is 0.499. The molecule has 1 N–H and O–H groups in total. The zero-order valence-corrected chi connectivity index (χ0v) is 10.4. The van der Waals surface area contributed by atoms with Crippen molar-refractivity contribution in [3.8, 4) is 0 Å². The van der Waals surface area contributed by atoms with Gasteiger partial charge in [-0.3, -0.25) is 14.4 Å². The fourth-order valence-electron chi connectivity index (χ4n) is 1.77. The summed E-state index contributed by atoms with van der Waals surface area (Å²) in [4.78, 5) is 35.2. The molecular formula is C11H17NO6. The van der Waals surface area contributed by atoms with Crippen LogP contribution < -0.4 is 0 Å². The molecule has 102 valence electrons. The minimum Gasteiger partial charge on any atom is -0.465 e. The van der Waals surface area contributed by atoms with Gasteiger partial charge in [0.1, 0.15) is 6.61 Å². The average molecular weight is 259 g/mol. The maximum Gasteiger partial charge on any atom is 0.321 e. The van der Waals surface area contributed by atoms with Crippen LogP contribution in [0.4, 0.5) is 0 Å². The van der Waals surface area contributed by atoms with Gasteiger partial charge in [-0.25, -0.2) is 0 Å². The highest BCUT2D eigenvalue weighted by atomic mass is 16.5. The highest BCUT2D eigenvalue weighted by molar-refractivity contribution is 6.00. The summed E-state index contributed by atoms with van der Waals surface area (Å²) in [7, 11) is 0. The number of carbonyl (C=O) groups is 3. The van der Waals surface area contributed by atoms with Crippen LogP contribution >= 0.6 is 0 Å². The molecule has 2 atom stereocenters. The molecule has 1 amide bonds. The molecule has 0 saturated carbocycles. The number of hydrogen-bond donors (Lipinski definition) is 1. The standard InChI is InChI=1S/C11H17NO6/c1-3-17-11(16)9-8(14)6-12(10(9)15)4-5-18-7(2)13/h8-9,14H,3-6H2,1-2H3/t8-,9+/m1/s1. The average Bonchev–Trinajstić information content (AvgIpc) is 2.54. The summed E-state index contributed by atoms with van der Waals surface area (Å²) in [5.74, 6) is -2.82. The smallest absolute Gasteiger partial charge is 0.321 e. The van der Waals surface area contributed by atoms with Crippen molar-refractivity contribution in [1.29, 1.82) is 0 Å². The van der Waals surface area contributed by atoms with Gasteiger partial charge < -0.3 is 19.5 Å². The van der Waals surface area contributed by atoms with E-state index in [1.807, 2.05) is 0 Å². The lowest BCUT2D eigenvalue weighted by atomic mass is 10.1. The van der Waals surface area contributed by atoms with Crippen molar-refractivity contribution in [2.24, 2.45) is 5.92 Å². The van der Waals surface area contributed by atoms with Crippen LogP contribution in [0.25, 0.3) is 0 Å². The summed E-state index contributed by atoms with van der Waals surface area (Å²) in [6.45, 7) is 3.30. The second-order valence-corrected chi connectivity index (χ2v) is 3.92. The van der Waals surface area contributed by atoms with Gasteiger partial charge in [-0.15, -0.1) is 0 Å². The van der Waals surface area contributed by atoms with Gasteiger partial charge in [0.2, 0.25) is 5.91 Å². The maximum atomic E-state index is 11.8. The van der Waals surface area contributed by atoms with Crippen LogP contribution in [0.2, 0.25) is 0 Å². The Hall–Kier alpha value is -1.63. The van der Waals surface area contributed by atoms with Crippen LogP contribution in [-0.2, 0) is 23.9 Å². The van der Waals surface area contributed by atoms with Gasteiger partial charge in [0.05, 0.1) is 19.3 Å². The van der Waals surface area contributed by atoms with Gasteiger partial charge >= 0.3 is 11.9 Å². The normalized spacial score (nSPS) is 23.1. The van der Waals surface area contributed by atoms with E-state index >= 15 is 0 Å². The molecule has 1 rings (SSSR count). The summed E-state index contributed by atoms with van der Waals surface area (Å²) in [6, 6.07) is 0. The van der Waals surface area contributed by atoms with E-state index in [-0.39, 0.29) is 26.3 Å². The molecule has 0 aromatic rings. The van der Waals surface area contributed by atoms with Crippen molar-refractivity contribution in [3.05, 3.63) is 0 Å². The molecule has 1 saturated heterocycles. The van der Waals surface area contributed by atoms with Crippen molar-refractivity contribution in [3.63, 3.8) is 0 Å². The molecule has 7 heteroatoms. The number of hydrogen-bond acceptors (Lipinski definition) is 6. The number of β-amino-alcohol motifs (C(OH)–C–C–N with tert-alkyl or cyclic N) is 1. The van der Waals surface area contributed by atoms with Crippen LogP contribution in [0, 0.1) is 5.92 Å². The van der Waals surface area contributed by atoms with E-state index in [0.29, 0.717) is 0 Å². The van der Waals surface area contributed by atoms with Gasteiger partial charge in [-0.1, -0.05) is 0 Å². The van der Waals surface area contributed by atoms with E-state index < -0.39 is 29.9 Å². The van der Waals surface area contributed by atoms with Crippen LogP contribution in [0.1, 0.15) is 13.8 Å². The van der Waals surface area contributed by atoms with Crippen LogP contribution in [0.5, 0.6) is 0 Å². The largest absolute Gasteiger partial charge is 0.465 e. The third kappa shape index (κ3) is 3.43. The molecule has 18 heavy (non-hydrogen) atoms. The molecule has 0 spiro atoms. The summed E-state index contributed by atoms with van der Waals surface area (Å²) in [5, 5.41) is 9.66. The first-order chi connectivity index (χ1) is 8.47. The number of rotatable bonds is 5. The van der Waals surface area contributed by atoms with Crippen molar-refractivity contribution in [2.75, 3.05) is 26.3 Å². The predicted molar refractivity (Wildman–Crippen MR) is 59.3 cm³/mol. The minimum atomic E-state index is -1.16. The molecule has 0 bridgehead atoms. The summed E-state index contributed by atoms with van der Waals surface area (Å²) < 4.78 is 9.43. The first kappa shape index (κ1) is 14.4. The fraction of sp³-hybridized carbons (Fsp3) is 0.727. The Morgan fingerprint density at radius 2 is 2.11 bits per heavy atom. The molecule has 1 aliphatic heterocycles. The number of esters is 2. The Morgan fingerprint density at radius 1 is 1.44 bits per heavy atom. The lowest BCUT2D eigenvalue weighted by Gasteiger charge is -2.15. The second kappa shape index (κ2) is 6.34. The number of likely N-dealkylation sites (tertiary alicyclic amines) is 1. The number of nitrogens with zero attached hydrogens (tertiary/aromatic N) is 1. The number of aliphatic hydroxyl groups excluding tert-OH is 1. The zero-order valence-electron chi connectivity index (χ0n) is 10.4. The van der Waals surface area contributed by atoms with E-state index in [9.17, 15) is 19.5 Å². The Bertz CT molecular complexity index is 342. The van der Waals surface area contributed by atoms with Gasteiger partial charge in [0.25, 0.3) is 0 Å². The van der Waals surface area contributed by atoms with E-state index in [0.717, 1.165) is 0 Å². The molecule has 1 aliphatic rings. The maximum absolute atomic E-state index is 11.8. The molecular weight excluding hydrogens is 242 g/mol. The Kier molecular flexibility index (Phi) is 5.08. The van der Waals surface area contributed by atoms with Crippen molar-refractivity contribution in [2.45, 2.75) is 20.0 Å². The highest BCUT2D eigenvalue weighted by Crippen LogP contribution is 2.20. The van der Waals surface area contributed by atoms with Crippen LogP contribution in [-0.4, -0.2) is 60.3 Å². The lowest BCUT2D eigenvalue weighted by Crippen LogP contribution is -2.34. The first-order valence-electron chi connectivity index (χ1n) is 5.74. The van der Waals surface area contributed by atoms with Gasteiger partial charge in [-0.05, 0) is 6.92 Å². The predicted octanol–water partition coefficient (Wildman–Crippen LogP) is -1.07. The molecule has 1 heterocycles. The first-order valence-corrected chi connectivity index (χ1v) is 5.74. The van der Waals surface area contributed by atoms with E-state index in [1.165, 1.54) is 11.8 Å². The summed E-state index contributed by atoms with van der Waals surface area (Å²) in [6.07, 6.45) is -1.08. The Balaban J connectivity index is 2.52. The SMILES string of the molecule is CCOC(=O)[C@@H]1C(=O)N(CCOC(C)=O)C[C@H]1O. The fourth-order valence-corrected chi connectivity index (χ4v) is 1.77. The third-order valence-corrected chi connectivity index (χ3v) is 2.58. The molecule has 0 radical (unpaired) electrons. The van der Waals surface area contributed by atoms with Crippen LogP contribution in [0.3, 0.4) is 0 Å². The number of aliphatic hydroxyl groups is 1. The lowest BCUT2D eigenvalue weighted by molar-refractivity contribution is -0.155. The molecule has 1 fully saturated rings. The van der Waals surface area contributed by atoms with E-state index in [1.54, 1.807) is 6.92 Å². The Morgan fingerprint density at radius 3 is 2.67 bits per heavy atom. The molecule has 7 nitrogen and oxygen atoms in total. The molecule has 0 aliphatic carbocycles. The minimum absolute atomic E-state index is 0.0450. The number of carbonyl (C=O) groups excluding carboxylic acids is 3. The van der Waals surface area contributed by atoms with Gasteiger partial charge in [0, 0.05) is 13.5 Å². The highest BCUT2D eigenvalue weighted by Gasteiger charge is 2.45. The molecule has 0 unspecified atom stereocenters. The number of ether oxygens (including phenoxy) is 2. The van der Waals surface area contributed by atoms with Crippen molar-refractivity contribution >= 4 is 17.8 Å². The topological polar surface area (TPSA) is 93.1 Å². The van der Waals surface area contributed by atoms with Gasteiger partial charge in [0.15, 0.2) is 5.92 Å². The Labute approximate surface area is 105 Å². The zero-order chi connectivity index (χ0) is 13.7.